The number of guanidine groups is 1. The number of rotatable bonds is 7. The van der Waals surface area contributed by atoms with Gasteiger partial charge >= 0.3 is 0 Å². The molecule has 0 amide bonds. The standard InChI is InChI=1S/C17H22ClN3O.C6H8ClN5O2S/c1-16(2)8-7-14(9-13-3-5-15(18)6-4-13)17(16,22)10-21-12-19-11-20-21;1-8-6(11-12(13)14)10-3-4-2-9-5(7)15-4/h3-6,11-12,14,22H,7-10H2,1-2H3;2H,3H2,1H3,(H2,8,10,11). The Balaban J connectivity index is 0.000000222. The number of hydrogen-bond acceptors (Lipinski definition) is 7. The van der Waals surface area contributed by atoms with Gasteiger partial charge in [-0.1, -0.05) is 49.2 Å². The van der Waals surface area contributed by atoms with E-state index in [9.17, 15) is 15.2 Å². The predicted octanol–water partition coefficient (Wildman–Crippen LogP) is 3.99. The minimum atomic E-state index is -0.791. The Hall–Kier alpha value is -2.80. The Labute approximate surface area is 229 Å². The van der Waals surface area contributed by atoms with Crippen LogP contribution in [0.2, 0.25) is 9.49 Å². The molecule has 3 N–H and O–H groups in total. The molecule has 2 atom stereocenters. The maximum atomic E-state index is 11.5. The van der Waals surface area contributed by atoms with Crippen molar-refractivity contribution in [1.82, 2.24) is 30.4 Å². The third-order valence-corrected chi connectivity index (χ3v) is 7.97. The van der Waals surface area contributed by atoms with E-state index in [1.54, 1.807) is 17.2 Å². The van der Waals surface area contributed by atoms with Gasteiger partial charge in [0.15, 0.2) is 9.50 Å². The van der Waals surface area contributed by atoms with Gasteiger partial charge in [0.1, 0.15) is 17.8 Å². The normalized spacial score (nSPS) is 20.7. The van der Waals surface area contributed by atoms with Crippen LogP contribution in [0.15, 0.2) is 48.2 Å². The van der Waals surface area contributed by atoms with Crippen LogP contribution in [0, 0.1) is 21.4 Å². The van der Waals surface area contributed by atoms with Crippen molar-refractivity contribution in [3.8, 4) is 0 Å². The first kappa shape index (κ1) is 28.8. The second-order valence-electron chi connectivity index (χ2n) is 9.34. The summed E-state index contributed by atoms with van der Waals surface area (Å²) in [5.41, 5.74) is 0.278. The summed E-state index contributed by atoms with van der Waals surface area (Å²) in [5.74, 6) is 0.289. The zero-order valence-electron chi connectivity index (χ0n) is 20.8. The number of thiazole rings is 1. The van der Waals surface area contributed by atoms with Crippen LogP contribution in [0.25, 0.3) is 0 Å². The van der Waals surface area contributed by atoms with Crippen molar-refractivity contribution >= 4 is 40.5 Å². The maximum Gasteiger partial charge on any atom is 0.268 e. The molecule has 0 bridgehead atoms. The second-order valence-corrected chi connectivity index (χ2v) is 11.5. The van der Waals surface area contributed by atoms with E-state index in [1.165, 1.54) is 30.3 Å². The molecule has 2 unspecified atom stereocenters. The largest absolute Gasteiger partial charge is 0.387 e. The number of nitrogens with zero attached hydrogens (tertiary/aromatic N) is 6. The van der Waals surface area contributed by atoms with E-state index < -0.39 is 10.6 Å². The van der Waals surface area contributed by atoms with Crippen LogP contribution in [0.4, 0.5) is 0 Å². The Bertz CT molecular complexity index is 1190. The zero-order chi connectivity index (χ0) is 27.1. The van der Waals surface area contributed by atoms with Gasteiger partial charge in [-0.2, -0.15) is 5.10 Å². The van der Waals surface area contributed by atoms with Crippen molar-refractivity contribution in [3.63, 3.8) is 0 Å². The fourth-order valence-corrected chi connectivity index (χ4v) is 5.46. The van der Waals surface area contributed by atoms with Crippen LogP contribution in [-0.4, -0.2) is 48.5 Å². The molecule has 0 aliphatic heterocycles. The van der Waals surface area contributed by atoms with E-state index in [2.05, 4.69) is 44.6 Å². The van der Waals surface area contributed by atoms with Gasteiger partial charge in [-0.05, 0) is 48.3 Å². The molecule has 0 saturated heterocycles. The number of halogens is 2. The van der Waals surface area contributed by atoms with Gasteiger partial charge in [-0.15, -0.1) is 11.3 Å². The number of aliphatic hydroxyl groups is 1. The summed E-state index contributed by atoms with van der Waals surface area (Å²) in [6.07, 6.45) is 7.66. The van der Waals surface area contributed by atoms with Gasteiger partial charge in [-0.25, -0.2) is 20.1 Å². The molecule has 4 rings (SSSR count). The lowest BCUT2D eigenvalue weighted by molar-refractivity contribution is -0.485. The van der Waals surface area contributed by atoms with Crippen LogP contribution in [0.5, 0.6) is 0 Å². The Morgan fingerprint density at radius 2 is 2.08 bits per heavy atom. The molecule has 1 aliphatic carbocycles. The molecule has 1 aromatic carbocycles. The number of nitro groups is 1. The van der Waals surface area contributed by atoms with Crippen LogP contribution in [0.1, 0.15) is 37.1 Å². The summed E-state index contributed by atoms with van der Waals surface area (Å²) in [7, 11) is 1.54. The lowest BCUT2D eigenvalue weighted by Crippen LogP contribution is -2.49. The Morgan fingerprint density at radius 1 is 1.35 bits per heavy atom. The highest BCUT2D eigenvalue weighted by molar-refractivity contribution is 7.15. The minimum absolute atomic E-state index is 0.0875. The highest BCUT2D eigenvalue weighted by Crippen LogP contribution is 2.51. The second kappa shape index (κ2) is 12.6. The monoisotopic (exact) mass is 568 g/mol. The molecule has 0 radical (unpaired) electrons. The number of hydrogen-bond donors (Lipinski definition) is 3. The summed E-state index contributed by atoms with van der Waals surface area (Å²) >= 11 is 12.9. The number of nitrogens with one attached hydrogen (secondary N) is 2. The molecule has 1 saturated carbocycles. The fourth-order valence-electron chi connectivity index (χ4n) is 4.41. The number of benzene rings is 1. The van der Waals surface area contributed by atoms with E-state index in [0.29, 0.717) is 17.6 Å². The van der Waals surface area contributed by atoms with Crippen LogP contribution >= 0.6 is 34.5 Å². The SMILES string of the molecule is CC1(C)CCC(Cc2ccc(Cl)cc2)C1(O)Cn1cncn1.CN/C(=N\[N+](=O)[O-])NCc1cnc(Cl)s1. The third kappa shape index (κ3) is 7.84. The summed E-state index contributed by atoms with van der Waals surface area (Å²) in [4.78, 5) is 18.8. The summed E-state index contributed by atoms with van der Waals surface area (Å²) in [6.45, 7) is 5.16. The van der Waals surface area contributed by atoms with E-state index in [1.807, 2.05) is 24.3 Å². The molecule has 14 heteroatoms. The molecule has 2 aromatic heterocycles. The minimum Gasteiger partial charge on any atom is -0.387 e. The number of hydrazone groups is 1. The topological polar surface area (TPSA) is 143 Å². The molecule has 11 nitrogen and oxygen atoms in total. The highest BCUT2D eigenvalue weighted by atomic mass is 35.5. The van der Waals surface area contributed by atoms with Crippen LogP contribution in [-0.2, 0) is 19.5 Å². The first-order valence-electron chi connectivity index (χ1n) is 11.6. The first-order chi connectivity index (χ1) is 17.5. The van der Waals surface area contributed by atoms with E-state index in [0.717, 1.165) is 29.2 Å². The quantitative estimate of drug-likeness (QED) is 0.168. The average molecular weight is 570 g/mol. The van der Waals surface area contributed by atoms with Gasteiger partial charge in [-0.3, -0.25) is 4.68 Å². The van der Waals surface area contributed by atoms with Crippen molar-refractivity contribution in [2.45, 2.75) is 51.8 Å². The molecule has 2 heterocycles. The summed E-state index contributed by atoms with van der Waals surface area (Å²) in [6, 6.07) is 7.91. The summed E-state index contributed by atoms with van der Waals surface area (Å²) < 4.78 is 2.17. The molecule has 200 valence electrons. The van der Waals surface area contributed by atoms with Gasteiger partial charge in [0.05, 0.1) is 18.7 Å². The predicted molar refractivity (Wildman–Crippen MR) is 144 cm³/mol. The lowest BCUT2D eigenvalue weighted by Gasteiger charge is -2.40. The van der Waals surface area contributed by atoms with Crippen molar-refractivity contribution < 1.29 is 10.1 Å². The van der Waals surface area contributed by atoms with Gasteiger partial charge in [0.25, 0.3) is 5.96 Å². The van der Waals surface area contributed by atoms with Gasteiger partial charge < -0.3 is 15.7 Å². The highest BCUT2D eigenvalue weighted by Gasteiger charge is 2.54. The first-order valence-corrected chi connectivity index (χ1v) is 13.1. The molecule has 1 aliphatic rings. The fraction of sp³-hybridized carbons (Fsp3) is 0.478. The molecule has 37 heavy (non-hydrogen) atoms. The van der Waals surface area contributed by atoms with Crippen LogP contribution in [0.3, 0.4) is 0 Å². The summed E-state index contributed by atoms with van der Waals surface area (Å²) in [5, 5.41) is 34.1. The molecular weight excluding hydrogens is 539 g/mol. The Kier molecular flexibility index (Phi) is 9.82. The van der Waals surface area contributed by atoms with Gasteiger partial charge in [0, 0.05) is 23.1 Å². The van der Waals surface area contributed by atoms with E-state index >= 15 is 0 Å². The average Bonchev–Trinajstić information content (AvgIpc) is 3.56. The van der Waals surface area contributed by atoms with Crippen molar-refractivity contribution in [3.05, 3.63) is 73.2 Å². The van der Waals surface area contributed by atoms with Crippen molar-refractivity contribution in [1.29, 1.82) is 0 Å². The van der Waals surface area contributed by atoms with Crippen LogP contribution < -0.4 is 10.6 Å². The third-order valence-electron chi connectivity index (χ3n) is 6.60. The van der Waals surface area contributed by atoms with Crippen molar-refractivity contribution in [2.24, 2.45) is 16.4 Å². The van der Waals surface area contributed by atoms with E-state index in [4.69, 9.17) is 23.2 Å². The molecular formula is C23H30Cl2N8O3S. The molecule has 3 aromatic rings. The smallest absolute Gasteiger partial charge is 0.268 e. The van der Waals surface area contributed by atoms with Crippen molar-refractivity contribution in [2.75, 3.05) is 7.05 Å². The van der Waals surface area contributed by atoms with E-state index in [-0.39, 0.29) is 17.3 Å². The molecule has 0 spiro atoms. The van der Waals surface area contributed by atoms with Gasteiger partial charge in [0.2, 0.25) is 0 Å². The lowest BCUT2D eigenvalue weighted by atomic mass is 9.72. The maximum absolute atomic E-state index is 11.5. The zero-order valence-corrected chi connectivity index (χ0v) is 23.1. The molecule has 1 fully saturated rings. The number of aromatic nitrogens is 4. The Morgan fingerprint density at radius 3 is 2.65 bits per heavy atom.